The molecule has 1 aromatic heterocycles. The van der Waals surface area contributed by atoms with Gasteiger partial charge >= 0.3 is 0 Å². The van der Waals surface area contributed by atoms with Crippen LogP contribution in [0.25, 0.3) is 11.4 Å². The third-order valence-electron chi connectivity index (χ3n) is 3.62. The van der Waals surface area contributed by atoms with E-state index in [0.717, 1.165) is 25.7 Å². The number of benzene rings is 1. The first-order valence-corrected chi connectivity index (χ1v) is 6.48. The smallest absolute Gasteiger partial charge is 0.185 e. The Balaban J connectivity index is 2.01. The molecule has 0 aliphatic heterocycles. The van der Waals surface area contributed by atoms with E-state index in [2.05, 4.69) is 15.5 Å². The molecule has 1 aliphatic rings. The maximum absolute atomic E-state index is 13.8. The monoisotopic (exact) mass is 262 g/mol. The third kappa shape index (κ3) is 2.23. The van der Waals surface area contributed by atoms with E-state index in [9.17, 15) is 9.50 Å². The van der Waals surface area contributed by atoms with Crippen molar-refractivity contribution >= 4 is 0 Å². The molecule has 1 heterocycles. The molecule has 0 unspecified atom stereocenters. The summed E-state index contributed by atoms with van der Waals surface area (Å²) in [4.78, 5) is 0. The van der Waals surface area contributed by atoms with Gasteiger partial charge < -0.3 is 5.11 Å². The molecule has 1 N–H and O–H groups in total. The first-order chi connectivity index (χ1) is 9.27. The zero-order valence-corrected chi connectivity index (χ0v) is 10.4. The topological polar surface area (TPSA) is 63.8 Å². The van der Waals surface area contributed by atoms with Crippen molar-refractivity contribution in [2.75, 3.05) is 0 Å². The summed E-state index contributed by atoms with van der Waals surface area (Å²) in [6.07, 6.45) is 3.12. The van der Waals surface area contributed by atoms with E-state index in [1.807, 2.05) is 0 Å². The summed E-state index contributed by atoms with van der Waals surface area (Å²) >= 11 is 0. The Morgan fingerprint density at radius 3 is 2.79 bits per heavy atom. The quantitative estimate of drug-likeness (QED) is 0.898. The minimum atomic E-state index is -0.470. The molecule has 2 aromatic rings. The second-order valence-electron chi connectivity index (χ2n) is 4.85. The summed E-state index contributed by atoms with van der Waals surface area (Å²) in [6, 6.07) is 6.23. The van der Waals surface area contributed by atoms with Gasteiger partial charge in [0.15, 0.2) is 5.82 Å². The fourth-order valence-corrected chi connectivity index (χ4v) is 2.61. The number of nitrogens with zero attached hydrogens (tertiary/aromatic N) is 4. The summed E-state index contributed by atoms with van der Waals surface area (Å²) in [5, 5.41) is 21.6. The maximum Gasteiger partial charge on any atom is 0.185 e. The first kappa shape index (κ1) is 12.2. The molecular formula is C13H15FN4O. The van der Waals surface area contributed by atoms with Crippen LogP contribution in [0.5, 0.6) is 0 Å². The van der Waals surface area contributed by atoms with Crippen LogP contribution in [-0.4, -0.2) is 31.4 Å². The number of hydrogen-bond acceptors (Lipinski definition) is 4. The van der Waals surface area contributed by atoms with Crippen LogP contribution in [0.15, 0.2) is 24.3 Å². The zero-order valence-electron chi connectivity index (χ0n) is 10.4. The summed E-state index contributed by atoms with van der Waals surface area (Å²) in [5.74, 6) is 0.0212. The Kier molecular flexibility index (Phi) is 3.25. The molecule has 0 amide bonds. The van der Waals surface area contributed by atoms with E-state index >= 15 is 0 Å². The molecule has 5 nitrogen and oxygen atoms in total. The molecule has 6 heteroatoms. The van der Waals surface area contributed by atoms with Crippen molar-refractivity contribution < 1.29 is 9.50 Å². The lowest BCUT2D eigenvalue weighted by Crippen LogP contribution is -2.29. The van der Waals surface area contributed by atoms with Gasteiger partial charge in [-0.1, -0.05) is 25.0 Å². The molecule has 100 valence electrons. The van der Waals surface area contributed by atoms with Crippen molar-refractivity contribution in [3.05, 3.63) is 30.1 Å². The number of aliphatic hydroxyl groups excluding tert-OH is 1. The minimum absolute atomic E-state index is 0.168. The van der Waals surface area contributed by atoms with E-state index < -0.39 is 6.10 Å². The van der Waals surface area contributed by atoms with Crippen molar-refractivity contribution in [3.8, 4) is 11.4 Å². The lowest BCUT2D eigenvalue weighted by Gasteiger charge is -2.27. The van der Waals surface area contributed by atoms with Gasteiger partial charge in [-0.3, -0.25) is 0 Å². The second-order valence-corrected chi connectivity index (χ2v) is 4.85. The molecule has 1 saturated carbocycles. The summed E-state index contributed by atoms with van der Waals surface area (Å²) < 4.78 is 15.4. The Morgan fingerprint density at radius 1 is 1.21 bits per heavy atom. The van der Waals surface area contributed by atoms with Gasteiger partial charge in [0.25, 0.3) is 0 Å². The van der Waals surface area contributed by atoms with Gasteiger partial charge in [0.2, 0.25) is 0 Å². The second kappa shape index (κ2) is 5.05. The van der Waals surface area contributed by atoms with E-state index in [1.54, 1.807) is 22.9 Å². The molecule has 1 aliphatic carbocycles. The summed E-state index contributed by atoms with van der Waals surface area (Å²) in [7, 11) is 0. The van der Waals surface area contributed by atoms with Crippen LogP contribution in [0.4, 0.5) is 4.39 Å². The van der Waals surface area contributed by atoms with Crippen LogP contribution >= 0.6 is 0 Å². The van der Waals surface area contributed by atoms with Crippen molar-refractivity contribution in [2.45, 2.75) is 37.8 Å². The maximum atomic E-state index is 13.8. The van der Waals surface area contributed by atoms with E-state index in [-0.39, 0.29) is 11.9 Å². The lowest BCUT2D eigenvalue weighted by atomic mass is 9.92. The Labute approximate surface area is 110 Å². The Hall–Kier alpha value is -1.82. The van der Waals surface area contributed by atoms with Crippen LogP contribution in [0, 0.1) is 5.82 Å². The van der Waals surface area contributed by atoms with Gasteiger partial charge in [0.1, 0.15) is 5.82 Å². The van der Waals surface area contributed by atoms with Gasteiger partial charge in [-0.05, 0) is 35.4 Å². The highest BCUT2D eigenvalue weighted by Gasteiger charge is 2.28. The molecule has 0 saturated heterocycles. The first-order valence-electron chi connectivity index (χ1n) is 6.48. The fourth-order valence-electron chi connectivity index (χ4n) is 2.61. The fraction of sp³-hybridized carbons (Fsp3) is 0.462. The van der Waals surface area contributed by atoms with E-state index in [1.165, 1.54) is 6.07 Å². The number of rotatable bonds is 2. The van der Waals surface area contributed by atoms with Gasteiger partial charge in [-0.15, -0.1) is 5.10 Å². The van der Waals surface area contributed by atoms with Crippen molar-refractivity contribution in [3.63, 3.8) is 0 Å². The van der Waals surface area contributed by atoms with E-state index in [0.29, 0.717) is 11.4 Å². The SMILES string of the molecule is O[C@@H]1CCCC[C@@H]1n1nnnc1-c1ccccc1F. The standard InChI is InChI=1S/C13H15FN4O/c14-10-6-2-1-5-9(10)13-15-16-17-18(13)11-7-3-4-8-12(11)19/h1-2,5-6,11-12,19H,3-4,7-8H2/t11-,12+/m0/s1. The largest absolute Gasteiger partial charge is 0.391 e. The Bertz CT molecular complexity index is 571. The molecule has 0 radical (unpaired) electrons. The molecule has 1 fully saturated rings. The average Bonchev–Trinajstić information content (AvgIpc) is 2.89. The molecule has 0 spiro atoms. The van der Waals surface area contributed by atoms with Crippen LogP contribution in [-0.2, 0) is 0 Å². The highest BCUT2D eigenvalue weighted by Crippen LogP contribution is 2.31. The molecule has 1 aromatic carbocycles. The molecule has 0 bridgehead atoms. The highest BCUT2D eigenvalue weighted by molar-refractivity contribution is 5.55. The molecule has 3 rings (SSSR count). The molecular weight excluding hydrogens is 247 g/mol. The predicted octanol–water partition coefficient (Wildman–Crippen LogP) is 1.96. The van der Waals surface area contributed by atoms with Crippen molar-refractivity contribution in [2.24, 2.45) is 0 Å². The minimum Gasteiger partial charge on any atom is -0.391 e. The summed E-state index contributed by atoms with van der Waals surface area (Å²) in [6.45, 7) is 0. The average molecular weight is 262 g/mol. The number of halogens is 1. The molecule has 2 atom stereocenters. The normalized spacial score (nSPS) is 23.5. The number of aromatic nitrogens is 4. The summed E-state index contributed by atoms with van der Waals surface area (Å²) in [5.41, 5.74) is 0.366. The molecule has 19 heavy (non-hydrogen) atoms. The van der Waals surface area contributed by atoms with Gasteiger partial charge in [0.05, 0.1) is 17.7 Å². The highest BCUT2D eigenvalue weighted by atomic mass is 19.1. The van der Waals surface area contributed by atoms with Crippen molar-refractivity contribution in [1.82, 2.24) is 20.2 Å². The van der Waals surface area contributed by atoms with Crippen LogP contribution in [0.1, 0.15) is 31.7 Å². The van der Waals surface area contributed by atoms with Gasteiger partial charge in [0, 0.05) is 0 Å². The van der Waals surface area contributed by atoms with Gasteiger partial charge in [-0.2, -0.15) is 0 Å². The van der Waals surface area contributed by atoms with Gasteiger partial charge in [-0.25, -0.2) is 9.07 Å². The van der Waals surface area contributed by atoms with Crippen LogP contribution < -0.4 is 0 Å². The predicted molar refractivity (Wildman–Crippen MR) is 66.7 cm³/mol. The zero-order chi connectivity index (χ0) is 13.2. The number of aliphatic hydroxyl groups is 1. The van der Waals surface area contributed by atoms with Crippen molar-refractivity contribution in [1.29, 1.82) is 0 Å². The lowest BCUT2D eigenvalue weighted by molar-refractivity contribution is 0.0692. The third-order valence-corrected chi connectivity index (χ3v) is 3.62. The number of hydrogen-bond donors (Lipinski definition) is 1. The van der Waals surface area contributed by atoms with Crippen LogP contribution in [0.3, 0.4) is 0 Å². The van der Waals surface area contributed by atoms with E-state index in [4.69, 9.17) is 0 Å². The Morgan fingerprint density at radius 2 is 2.00 bits per heavy atom. The number of tetrazole rings is 1. The van der Waals surface area contributed by atoms with Crippen LogP contribution in [0.2, 0.25) is 0 Å².